The molecule has 0 spiro atoms. The zero-order valence-corrected chi connectivity index (χ0v) is 21.3. The van der Waals surface area contributed by atoms with Gasteiger partial charge in [0.1, 0.15) is 0 Å². The van der Waals surface area contributed by atoms with Crippen molar-refractivity contribution in [2.75, 3.05) is 0 Å². The van der Waals surface area contributed by atoms with Crippen LogP contribution in [0.5, 0.6) is 0 Å². The van der Waals surface area contributed by atoms with Crippen LogP contribution in [-0.2, 0) is 0 Å². The number of rotatable bonds is 9. The molecule has 172 valence electrons. The Labute approximate surface area is 189 Å². The maximum Gasteiger partial charge on any atom is -0.0233 e. The van der Waals surface area contributed by atoms with Gasteiger partial charge in [0.05, 0.1) is 0 Å². The second-order valence-electron chi connectivity index (χ2n) is 12.6. The Morgan fingerprint density at radius 2 is 1.87 bits per heavy atom. The fraction of sp³-hybridized carbons (Fsp3) is 0.867. The molecule has 30 heavy (non-hydrogen) atoms. The van der Waals surface area contributed by atoms with Gasteiger partial charge in [0.15, 0.2) is 0 Å². The summed E-state index contributed by atoms with van der Waals surface area (Å²) < 4.78 is 0. The molecular weight excluding hydrogens is 360 g/mol. The summed E-state index contributed by atoms with van der Waals surface area (Å²) >= 11 is 0. The van der Waals surface area contributed by atoms with Crippen molar-refractivity contribution in [1.29, 1.82) is 0 Å². The zero-order valence-electron chi connectivity index (χ0n) is 21.3. The predicted molar refractivity (Wildman–Crippen MR) is 134 cm³/mol. The molecule has 0 radical (unpaired) electrons. The second-order valence-corrected chi connectivity index (χ2v) is 12.6. The van der Waals surface area contributed by atoms with Crippen LogP contribution in [0.2, 0.25) is 0 Å². The second kappa shape index (κ2) is 9.95. The molecule has 0 heterocycles. The Morgan fingerprint density at radius 3 is 2.50 bits per heavy atom. The minimum atomic E-state index is 0.484. The first-order chi connectivity index (χ1) is 14.2. The fourth-order valence-electron chi connectivity index (χ4n) is 8.33. The Hall–Kier alpha value is -0.520. The third kappa shape index (κ3) is 4.78. The van der Waals surface area contributed by atoms with Gasteiger partial charge in [-0.15, -0.1) is 6.58 Å². The highest BCUT2D eigenvalue weighted by molar-refractivity contribution is 5.13. The molecule has 0 aromatic rings. The van der Waals surface area contributed by atoms with E-state index < -0.39 is 0 Å². The summed E-state index contributed by atoms with van der Waals surface area (Å²) in [5.41, 5.74) is 2.62. The molecule has 0 heteroatoms. The molecule has 7 unspecified atom stereocenters. The monoisotopic (exact) mass is 412 g/mol. The van der Waals surface area contributed by atoms with Gasteiger partial charge in [0, 0.05) is 0 Å². The van der Waals surface area contributed by atoms with Crippen molar-refractivity contribution >= 4 is 0 Å². The normalized spacial score (nSPS) is 40.2. The molecule has 0 aliphatic heterocycles. The largest absolute Gasteiger partial charge is 0.103 e. The van der Waals surface area contributed by atoms with Crippen molar-refractivity contribution in [3.05, 3.63) is 24.3 Å². The third-order valence-electron chi connectivity index (χ3n) is 10.3. The van der Waals surface area contributed by atoms with Gasteiger partial charge >= 0.3 is 0 Å². The molecule has 7 atom stereocenters. The van der Waals surface area contributed by atoms with Gasteiger partial charge in [-0.05, 0) is 105 Å². The van der Waals surface area contributed by atoms with Crippen molar-refractivity contribution in [2.45, 2.75) is 119 Å². The molecule has 0 amide bonds. The lowest BCUT2D eigenvalue weighted by Crippen LogP contribution is -2.52. The van der Waals surface area contributed by atoms with Crippen molar-refractivity contribution in [2.24, 2.45) is 46.3 Å². The fourth-order valence-corrected chi connectivity index (χ4v) is 8.33. The number of hydrogen-bond acceptors (Lipinski definition) is 0. The first-order valence-electron chi connectivity index (χ1n) is 13.5. The smallest absolute Gasteiger partial charge is 0.0233 e. The molecule has 3 aliphatic carbocycles. The molecule has 0 N–H and O–H groups in total. The quantitative estimate of drug-likeness (QED) is 0.261. The van der Waals surface area contributed by atoms with Gasteiger partial charge in [-0.25, -0.2) is 0 Å². The lowest BCUT2D eigenvalue weighted by Gasteiger charge is -2.59. The maximum absolute atomic E-state index is 4.15. The highest BCUT2D eigenvalue weighted by atomic mass is 14.6. The summed E-state index contributed by atoms with van der Waals surface area (Å²) in [7, 11) is 0. The average Bonchev–Trinajstić information content (AvgIpc) is 3.12. The number of allylic oxidation sites excluding steroid dienone is 3. The lowest BCUT2D eigenvalue weighted by molar-refractivity contribution is -0.100. The highest BCUT2D eigenvalue weighted by Gasteiger charge is 2.58. The van der Waals surface area contributed by atoms with E-state index in [1.165, 1.54) is 77.0 Å². The van der Waals surface area contributed by atoms with Gasteiger partial charge in [0.25, 0.3) is 0 Å². The molecule has 0 nitrogen and oxygen atoms in total. The summed E-state index contributed by atoms with van der Waals surface area (Å²) in [4.78, 5) is 0. The van der Waals surface area contributed by atoms with Crippen LogP contribution in [-0.4, -0.2) is 0 Å². The molecule has 0 aromatic carbocycles. The van der Waals surface area contributed by atoms with E-state index in [1.807, 2.05) is 0 Å². The zero-order chi connectivity index (χ0) is 21.9. The van der Waals surface area contributed by atoms with Gasteiger partial charge in [0.2, 0.25) is 0 Å². The van der Waals surface area contributed by atoms with E-state index in [1.54, 1.807) is 5.57 Å². The molecule has 3 aliphatic rings. The minimum absolute atomic E-state index is 0.484. The summed E-state index contributed by atoms with van der Waals surface area (Å²) in [6.07, 6.45) is 21.9. The van der Waals surface area contributed by atoms with E-state index in [2.05, 4.69) is 60.3 Å². The molecule has 0 bridgehead atoms. The van der Waals surface area contributed by atoms with Crippen molar-refractivity contribution in [3.8, 4) is 0 Å². The van der Waals surface area contributed by atoms with Gasteiger partial charge in [-0.3, -0.25) is 0 Å². The van der Waals surface area contributed by atoms with Crippen LogP contribution in [0.15, 0.2) is 24.3 Å². The first-order valence-corrected chi connectivity index (χ1v) is 13.5. The Kier molecular flexibility index (Phi) is 8.01. The standard InChI is InChI=1S/C30H52/c1-8-11-24(5)30(7)27-16-14-25(13-10-9-12-22(2)3)26(27)15-17-28(30)29(6)20-18-23(4)19-21-29/h8,18,22,24-28H,1,9-17,19-21H2,2-7H3. The average molecular weight is 413 g/mol. The van der Waals surface area contributed by atoms with Crippen LogP contribution >= 0.6 is 0 Å². The van der Waals surface area contributed by atoms with E-state index in [9.17, 15) is 0 Å². The summed E-state index contributed by atoms with van der Waals surface area (Å²) in [5, 5.41) is 0. The Morgan fingerprint density at radius 1 is 1.10 bits per heavy atom. The van der Waals surface area contributed by atoms with E-state index in [0.717, 1.165) is 35.5 Å². The van der Waals surface area contributed by atoms with Crippen LogP contribution in [0.4, 0.5) is 0 Å². The van der Waals surface area contributed by atoms with Crippen LogP contribution in [0, 0.1) is 46.3 Å². The highest BCUT2D eigenvalue weighted by Crippen LogP contribution is 2.66. The van der Waals surface area contributed by atoms with E-state index >= 15 is 0 Å². The molecule has 0 aromatic heterocycles. The van der Waals surface area contributed by atoms with Gasteiger partial charge < -0.3 is 0 Å². The molecule has 2 saturated carbocycles. The number of fused-ring (bicyclic) bond motifs is 1. The van der Waals surface area contributed by atoms with Crippen LogP contribution in [0.1, 0.15) is 119 Å². The molecular formula is C30H52. The predicted octanol–water partition coefficient (Wildman–Crippen LogP) is 9.61. The van der Waals surface area contributed by atoms with E-state index in [0.29, 0.717) is 10.8 Å². The number of unbranched alkanes of at least 4 members (excludes halogenated alkanes) is 1. The molecule has 0 saturated heterocycles. The third-order valence-corrected chi connectivity index (χ3v) is 10.3. The van der Waals surface area contributed by atoms with Crippen LogP contribution < -0.4 is 0 Å². The van der Waals surface area contributed by atoms with Crippen molar-refractivity contribution in [3.63, 3.8) is 0 Å². The minimum Gasteiger partial charge on any atom is -0.103 e. The molecule has 3 rings (SSSR count). The Bertz CT molecular complexity index is 597. The number of hydrogen-bond donors (Lipinski definition) is 0. The maximum atomic E-state index is 4.15. The van der Waals surface area contributed by atoms with Crippen molar-refractivity contribution < 1.29 is 0 Å². The summed E-state index contributed by atoms with van der Waals surface area (Å²) in [5.74, 6) is 5.47. The van der Waals surface area contributed by atoms with E-state index in [-0.39, 0.29) is 0 Å². The molecule has 2 fully saturated rings. The van der Waals surface area contributed by atoms with Gasteiger partial charge in [-0.2, -0.15) is 0 Å². The summed E-state index contributed by atoms with van der Waals surface area (Å²) in [6, 6.07) is 0. The van der Waals surface area contributed by atoms with Crippen LogP contribution in [0.3, 0.4) is 0 Å². The van der Waals surface area contributed by atoms with Crippen molar-refractivity contribution in [1.82, 2.24) is 0 Å². The van der Waals surface area contributed by atoms with E-state index in [4.69, 9.17) is 0 Å². The Balaban J connectivity index is 1.78. The van der Waals surface area contributed by atoms with Crippen LogP contribution in [0.25, 0.3) is 0 Å². The lowest BCUT2D eigenvalue weighted by atomic mass is 9.45. The van der Waals surface area contributed by atoms with Gasteiger partial charge in [-0.1, -0.05) is 78.0 Å². The summed E-state index contributed by atoms with van der Waals surface area (Å²) in [6.45, 7) is 19.2. The first kappa shape index (κ1) is 24.1. The SMILES string of the molecule is C=CCC(C)C1(C)C2CCC(CCCCC(C)C)C2CCC1C1(C)CC=C(C)CC1. The topological polar surface area (TPSA) is 0 Å².